The number of hydrogen-bond acceptors (Lipinski definition) is 3. The Bertz CT molecular complexity index is 529. The summed E-state index contributed by atoms with van der Waals surface area (Å²) in [5, 5.41) is 0. The van der Waals surface area contributed by atoms with Crippen molar-refractivity contribution in [3.63, 3.8) is 0 Å². The van der Waals surface area contributed by atoms with E-state index in [0.717, 1.165) is 6.08 Å². The van der Waals surface area contributed by atoms with Crippen LogP contribution < -0.4 is 0 Å². The molecule has 0 fully saturated rings. The average molecular weight is 253 g/mol. The Morgan fingerprint density at radius 3 is 2.72 bits per heavy atom. The van der Waals surface area contributed by atoms with Gasteiger partial charge in [0, 0.05) is 17.9 Å². The number of halogens is 2. The van der Waals surface area contributed by atoms with Gasteiger partial charge in [-0.15, -0.1) is 0 Å². The highest BCUT2D eigenvalue weighted by atomic mass is 19.2. The lowest BCUT2D eigenvalue weighted by atomic mass is 10.0. The van der Waals surface area contributed by atoms with Gasteiger partial charge in [-0.3, -0.25) is 4.79 Å². The smallest absolute Gasteiger partial charge is 0.222 e. The first kappa shape index (κ1) is 12.7. The molecule has 18 heavy (non-hydrogen) atoms. The van der Waals surface area contributed by atoms with Crippen molar-refractivity contribution in [1.82, 2.24) is 4.98 Å². The molecule has 0 amide bonds. The molecule has 1 heterocycles. The van der Waals surface area contributed by atoms with Gasteiger partial charge in [0.05, 0.1) is 0 Å². The van der Waals surface area contributed by atoms with Gasteiger partial charge in [-0.05, 0) is 6.08 Å². The highest BCUT2D eigenvalue weighted by Gasteiger charge is 2.24. The van der Waals surface area contributed by atoms with Crippen LogP contribution in [-0.2, 0) is 0 Å². The van der Waals surface area contributed by atoms with Crippen molar-refractivity contribution in [3.05, 3.63) is 35.3 Å². The van der Waals surface area contributed by atoms with Gasteiger partial charge in [-0.1, -0.05) is 19.9 Å². The van der Waals surface area contributed by atoms with Crippen molar-refractivity contribution in [2.45, 2.75) is 32.4 Å². The lowest BCUT2D eigenvalue weighted by molar-refractivity contribution is 0.111. The molecule has 1 atom stereocenters. The third kappa shape index (κ3) is 2.25. The van der Waals surface area contributed by atoms with Crippen LogP contribution in [0.4, 0.5) is 8.78 Å². The van der Waals surface area contributed by atoms with E-state index in [2.05, 4.69) is 4.98 Å². The predicted octanol–water partition coefficient (Wildman–Crippen LogP) is 3.59. The number of alkyl halides is 1. The minimum Gasteiger partial charge on any atom is -0.440 e. The third-order valence-corrected chi connectivity index (χ3v) is 2.73. The Morgan fingerprint density at radius 1 is 1.50 bits per heavy atom. The number of oxazole rings is 1. The zero-order valence-electron chi connectivity index (χ0n) is 10.1. The number of hydrogen-bond donors (Lipinski definition) is 0. The fourth-order valence-corrected chi connectivity index (χ4v) is 1.78. The molecule has 0 N–H and O–H groups in total. The van der Waals surface area contributed by atoms with Crippen LogP contribution in [0.25, 0.3) is 5.57 Å². The van der Waals surface area contributed by atoms with Gasteiger partial charge in [-0.2, -0.15) is 0 Å². The Hall–Kier alpha value is -1.78. The molecule has 1 unspecified atom stereocenters. The minimum atomic E-state index is -1.67. The lowest BCUT2D eigenvalue weighted by Gasteiger charge is -2.11. The fraction of sp³-hybridized carbons (Fsp3) is 0.385. The van der Waals surface area contributed by atoms with E-state index in [9.17, 15) is 13.6 Å². The highest BCUT2D eigenvalue weighted by molar-refractivity contribution is 5.75. The molecule has 2 rings (SSSR count). The summed E-state index contributed by atoms with van der Waals surface area (Å²) in [6.07, 6.45) is 1.30. The summed E-state index contributed by atoms with van der Waals surface area (Å²) in [7, 11) is 0. The van der Waals surface area contributed by atoms with Crippen LogP contribution in [0.2, 0.25) is 0 Å². The van der Waals surface area contributed by atoms with Crippen LogP contribution >= 0.6 is 0 Å². The summed E-state index contributed by atoms with van der Waals surface area (Å²) < 4.78 is 31.6. The van der Waals surface area contributed by atoms with Crippen molar-refractivity contribution in [2.75, 3.05) is 0 Å². The average Bonchev–Trinajstić information content (AvgIpc) is 2.77. The molecular formula is C13H13F2NO2. The molecule has 0 bridgehead atoms. The molecule has 1 aromatic rings. The zero-order chi connectivity index (χ0) is 13.3. The van der Waals surface area contributed by atoms with Crippen LogP contribution in [0.3, 0.4) is 0 Å². The summed E-state index contributed by atoms with van der Waals surface area (Å²) in [6.45, 7) is 3.73. The van der Waals surface area contributed by atoms with Crippen molar-refractivity contribution in [3.8, 4) is 0 Å². The Morgan fingerprint density at radius 2 is 2.22 bits per heavy atom. The third-order valence-electron chi connectivity index (χ3n) is 2.73. The molecule has 0 saturated heterocycles. The maximum absolute atomic E-state index is 13.2. The summed E-state index contributed by atoms with van der Waals surface area (Å²) in [6, 6.07) is 0. The van der Waals surface area contributed by atoms with E-state index in [0.29, 0.717) is 17.6 Å². The number of aromatic nitrogens is 1. The Labute approximate surface area is 103 Å². The monoisotopic (exact) mass is 253 g/mol. The summed E-state index contributed by atoms with van der Waals surface area (Å²) in [5.41, 5.74) is 0.672. The molecule has 3 nitrogen and oxygen atoms in total. The fourth-order valence-electron chi connectivity index (χ4n) is 1.78. The van der Waals surface area contributed by atoms with Crippen LogP contribution in [0.15, 0.2) is 22.4 Å². The zero-order valence-corrected chi connectivity index (χ0v) is 10.1. The molecule has 1 aromatic heterocycles. The van der Waals surface area contributed by atoms with Crippen molar-refractivity contribution < 1.29 is 18.0 Å². The van der Waals surface area contributed by atoms with Crippen LogP contribution in [0.5, 0.6) is 0 Å². The second kappa shape index (κ2) is 4.84. The van der Waals surface area contributed by atoms with Gasteiger partial charge < -0.3 is 4.42 Å². The number of nitrogens with zero attached hydrogens (tertiary/aromatic N) is 1. The van der Waals surface area contributed by atoms with E-state index < -0.39 is 12.0 Å². The second-order valence-corrected chi connectivity index (χ2v) is 4.46. The van der Waals surface area contributed by atoms with Crippen molar-refractivity contribution >= 4 is 11.9 Å². The molecule has 0 radical (unpaired) electrons. The molecule has 0 saturated carbocycles. The molecule has 0 aromatic carbocycles. The second-order valence-electron chi connectivity index (χ2n) is 4.46. The topological polar surface area (TPSA) is 43.1 Å². The van der Waals surface area contributed by atoms with Crippen LogP contribution in [0, 0.1) is 0 Å². The van der Waals surface area contributed by atoms with E-state index >= 15 is 0 Å². The van der Waals surface area contributed by atoms with Crippen LogP contribution in [0.1, 0.15) is 48.3 Å². The van der Waals surface area contributed by atoms with E-state index in [1.165, 1.54) is 6.08 Å². The number of aldehydes is 1. The summed E-state index contributed by atoms with van der Waals surface area (Å²) >= 11 is 0. The van der Waals surface area contributed by atoms with Gasteiger partial charge in [-0.25, -0.2) is 13.8 Å². The van der Waals surface area contributed by atoms with E-state index in [1.807, 2.05) is 13.8 Å². The SMILES string of the molecule is CC(C)c1oc(C2=CC=C(F)C(F)C2)nc1C=O. The van der Waals surface area contributed by atoms with Gasteiger partial charge >= 0.3 is 0 Å². The standard InChI is InChI=1S/C13H13F2NO2/c1-7(2)12-11(6-17)16-13(18-12)8-3-4-9(14)10(15)5-8/h3-4,6-7,10H,5H2,1-2H3. The maximum Gasteiger partial charge on any atom is 0.222 e. The first-order valence-corrected chi connectivity index (χ1v) is 5.69. The number of allylic oxidation sites excluding steroid dienone is 4. The number of carbonyl (C=O) groups is 1. The Balaban J connectivity index is 2.38. The highest BCUT2D eigenvalue weighted by Crippen LogP contribution is 2.31. The van der Waals surface area contributed by atoms with Gasteiger partial charge in [0.1, 0.15) is 17.3 Å². The largest absolute Gasteiger partial charge is 0.440 e. The van der Waals surface area contributed by atoms with E-state index in [4.69, 9.17) is 4.42 Å². The molecular weight excluding hydrogens is 240 g/mol. The van der Waals surface area contributed by atoms with Gasteiger partial charge in [0.2, 0.25) is 5.89 Å². The summed E-state index contributed by atoms with van der Waals surface area (Å²) in [4.78, 5) is 14.9. The van der Waals surface area contributed by atoms with Gasteiger partial charge in [0.15, 0.2) is 12.5 Å². The lowest BCUT2D eigenvalue weighted by Crippen LogP contribution is -2.06. The first-order chi connectivity index (χ1) is 8.52. The maximum atomic E-state index is 13.2. The van der Waals surface area contributed by atoms with Crippen LogP contribution in [-0.4, -0.2) is 17.4 Å². The predicted molar refractivity (Wildman–Crippen MR) is 62.7 cm³/mol. The molecule has 1 aliphatic carbocycles. The molecule has 0 spiro atoms. The normalized spacial score (nSPS) is 19.7. The van der Waals surface area contributed by atoms with Crippen molar-refractivity contribution in [2.24, 2.45) is 0 Å². The molecule has 5 heteroatoms. The molecule has 96 valence electrons. The van der Waals surface area contributed by atoms with E-state index in [1.54, 1.807) is 0 Å². The summed E-state index contributed by atoms with van der Waals surface area (Å²) in [5.74, 6) is -0.146. The minimum absolute atomic E-state index is 0.00379. The molecule has 1 aliphatic rings. The quantitative estimate of drug-likeness (QED) is 0.773. The number of carbonyl (C=O) groups excluding carboxylic acids is 1. The number of rotatable bonds is 3. The van der Waals surface area contributed by atoms with E-state index in [-0.39, 0.29) is 23.9 Å². The Kier molecular flexibility index (Phi) is 3.41. The first-order valence-electron chi connectivity index (χ1n) is 5.69. The van der Waals surface area contributed by atoms with Gasteiger partial charge in [0.25, 0.3) is 0 Å². The van der Waals surface area contributed by atoms with Crippen molar-refractivity contribution in [1.29, 1.82) is 0 Å². The molecule has 0 aliphatic heterocycles.